The van der Waals surface area contributed by atoms with Crippen LogP contribution in [0, 0.1) is 0 Å². The summed E-state index contributed by atoms with van der Waals surface area (Å²) < 4.78 is 18.7. The van der Waals surface area contributed by atoms with Crippen molar-refractivity contribution in [3.63, 3.8) is 0 Å². The van der Waals surface area contributed by atoms with Crippen molar-refractivity contribution in [2.24, 2.45) is 4.99 Å². The van der Waals surface area contributed by atoms with Crippen LogP contribution in [0.25, 0.3) is 17.4 Å². The maximum absolute atomic E-state index is 13.8. The number of aromatic nitrogens is 1. The highest BCUT2D eigenvalue weighted by atomic mass is 32.1. The molecule has 41 heavy (non-hydrogen) atoms. The second-order valence-corrected chi connectivity index (χ2v) is 10.0. The predicted octanol–water partition coefficient (Wildman–Crippen LogP) is 4.32. The third-order valence-electron chi connectivity index (χ3n) is 6.40. The van der Waals surface area contributed by atoms with Crippen LogP contribution in [0.3, 0.4) is 0 Å². The van der Waals surface area contributed by atoms with Crippen molar-refractivity contribution in [3.05, 3.63) is 121 Å². The molecule has 208 valence electrons. The van der Waals surface area contributed by atoms with Gasteiger partial charge in [0.05, 0.1) is 34.0 Å². The molecular formula is C31H26N2O7S. The number of hydrogen-bond acceptors (Lipinski definition) is 8. The van der Waals surface area contributed by atoms with E-state index in [-0.39, 0.29) is 23.3 Å². The lowest BCUT2D eigenvalue weighted by Crippen LogP contribution is -2.39. The number of hydrogen-bond donors (Lipinski definition) is 1. The maximum atomic E-state index is 13.8. The average Bonchev–Trinajstić information content (AvgIpc) is 3.55. The van der Waals surface area contributed by atoms with Gasteiger partial charge >= 0.3 is 11.9 Å². The van der Waals surface area contributed by atoms with E-state index >= 15 is 0 Å². The lowest BCUT2D eigenvalue weighted by molar-refractivity contribution is -0.139. The van der Waals surface area contributed by atoms with Crippen LogP contribution in [0.5, 0.6) is 5.75 Å². The summed E-state index contributed by atoms with van der Waals surface area (Å²) in [6.45, 7) is 7.61. The number of nitrogens with zero attached hydrogens (tertiary/aromatic N) is 2. The molecule has 0 bridgehead atoms. The van der Waals surface area contributed by atoms with Gasteiger partial charge in [-0.05, 0) is 49.7 Å². The fraction of sp³-hybridized carbons (Fsp3) is 0.161. The van der Waals surface area contributed by atoms with Gasteiger partial charge < -0.3 is 19.0 Å². The number of benzene rings is 2. The number of furan rings is 1. The van der Waals surface area contributed by atoms with Crippen molar-refractivity contribution < 1.29 is 28.6 Å². The Balaban J connectivity index is 1.61. The Hall–Kier alpha value is -4.96. The minimum atomic E-state index is -1.07. The standard InChI is InChI=1S/C31H26N2O7S/c1-4-16-39-20-12-10-19(11-13-20)27-26(30(37)38-5-2)18(3)32-31-33(27)28(34)25(41-31)17-21-14-15-24(40-21)22-8-6-7-9-23(22)29(35)36/h4,6-15,17,27H,1,5,16H2,2-3H3,(H,35,36)/b25-17-/t27-/m0/s1. The number of rotatable bonds is 9. The molecule has 2 aromatic carbocycles. The monoisotopic (exact) mass is 570 g/mol. The summed E-state index contributed by atoms with van der Waals surface area (Å²) >= 11 is 1.17. The lowest BCUT2D eigenvalue weighted by atomic mass is 9.96. The molecule has 0 unspecified atom stereocenters. The Morgan fingerprint density at radius 3 is 2.61 bits per heavy atom. The highest BCUT2D eigenvalue weighted by Gasteiger charge is 2.33. The van der Waals surface area contributed by atoms with E-state index in [1.807, 2.05) is 0 Å². The Kier molecular flexibility index (Phi) is 7.84. The van der Waals surface area contributed by atoms with Gasteiger partial charge in [-0.15, -0.1) is 0 Å². The number of carbonyl (C=O) groups is 2. The first-order chi connectivity index (χ1) is 19.8. The van der Waals surface area contributed by atoms with Gasteiger partial charge in [-0.25, -0.2) is 14.6 Å². The van der Waals surface area contributed by atoms with Gasteiger partial charge in [-0.3, -0.25) is 9.36 Å². The number of aromatic carboxylic acids is 1. The van der Waals surface area contributed by atoms with E-state index in [9.17, 15) is 19.5 Å². The second-order valence-electron chi connectivity index (χ2n) is 9.02. The SMILES string of the molecule is C=CCOc1ccc([C@H]2C(C(=O)OCC)=C(C)N=c3s/c(=C\c4ccc(-c5ccccc5C(=O)O)o4)c(=O)n32)cc1. The molecule has 0 fully saturated rings. The van der Waals surface area contributed by atoms with E-state index < -0.39 is 18.0 Å². The molecule has 5 rings (SSSR count). The van der Waals surface area contributed by atoms with E-state index in [4.69, 9.17) is 13.9 Å². The number of esters is 1. The molecule has 2 aromatic heterocycles. The molecule has 10 heteroatoms. The van der Waals surface area contributed by atoms with E-state index in [1.54, 1.807) is 80.6 Å². The number of fused-ring (bicyclic) bond motifs is 1. The van der Waals surface area contributed by atoms with Crippen LogP contribution in [-0.4, -0.2) is 34.8 Å². The maximum Gasteiger partial charge on any atom is 0.338 e. The largest absolute Gasteiger partial charge is 0.490 e. The number of ether oxygens (including phenoxy) is 2. The molecule has 1 aliphatic heterocycles. The molecule has 9 nitrogen and oxygen atoms in total. The van der Waals surface area contributed by atoms with E-state index in [1.165, 1.54) is 22.0 Å². The Morgan fingerprint density at radius 1 is 1.15 bits per heavy atom. The van der Waals surface area contributed by atoms with E-state index in [0.717, 1.165) is 0 Å². The van der Waals surface area contributed by atoms with Gasteiger partial charge in [0, 0.05) is 11.6 Å². The van der Waals surface area contributed by atoms with Crippen molar-refractivity contribution in [1.82, 2.24) is 4.57 Å². The third kappa shape index (κ3) is 5.42. The summed E-state index contributed by atoms with van der Waals surface area (Å²) in [6.07, 6.45) is 3.23. The molecule has 1 aliphatic rings. The summed E-state index contributed by atoms with van der Waals surface area (Å²) in [6, 6.07) is 16.2. The molecule has 4 aromatic rings. The van der Waals surface area contributed by atoms with Crippen molar-refractivity contribution in [1.29, 1.82) is 0 Å². The Bertz CT molecular complexity index is 1860. The van der Waals surface area contributed by atoms with Gasteiger partial charge in [0.1, 0.15) is 23.9 Å². The Labute approximate surface area is 238 Å². The molecule has 0 spiro atoms. The number of carboxylic acids is 1. The smallest absolute Gasteiger partial charge is 0.338 e. The number of carboxylic acid groups (broad SMARTS) is 1. The quantitative estimate of drug-likeness (QED) is 0.235. The van der Waals surface area contributed by atoms with Crippen LogP contribution in [-0.2, 0) is 9.53 Å². The number of carbonyl (C=O) groups excluding carboxylic acids is 1. The zero-order chi connectivity index (χ0) is 29.1. The number of allylic oxidation sites excluding steroid dienone is 1. The summed E-state index contributed by atoms with van der Waals surface area (Å²) in [5.41, 5.74) is 1.59. The van der Waals surface area contributed by atoms with Crippen molar-refractivity contribution in [2.75, 3.05) is 13.2 Å². The molecule has 0 amide bonds. The average molecular weight is 571 g/mol. The summed E-state index contributed by atoms with van der Waals surface area (Å²) in [5, 5.41) is 9.54. The second kappa shape index (κ2) is 11.6. The first-order valence-corrected chi connectivity index (χ1v) is 13.6. The van der Waals surface area contributed by atoms with Crippen LogP contribution in [0.15, 0.2) is 98.8 Å². The Morgan fingerprint density at radius 2 is 1.90 bits per heavy atom. The highest BCUT2D eigenvalue weighted by molar-refractivity contribution is 7.07. The lowest BCUT2D eigenvalue weighted by Gasteiger charge is -2.24. The molecule has 0 aliphatic carbocycles. The molecule has 0 saturated heterocycles. The minimum Gasteiger partial charge on any atom is -0.490 e. The van der Waals surface area contributed by atoms with Gasteiger partial charge in [-0.2, -0.15) is 0 Å². The fourth-order valence-electron chi connectivity index (χ4n) is 4.60. The van der Waals surface area contributed by atoms with E-state index in [2.05, 4.69) is 11.6 Å². The van der Waals surface area contributed by atoms with Crippen LogP contribution in [0.2, 0.25) is 0 Å². The molecule has 0 saturated carbocycles. The zero-order valence-corrected chi connectivity index (χ0v) is 23.1. The first-order valence-electron chi connectivity index (χ1n) is 12.8. The first kappa shape index (κ1) is 27.6. The van der Waals surface area contributed by atoms with Gasteiger partial charge in [0.2, 0.25) is 0 Å². The molecule has 1 N–H and O–H groups in total. The molecular weight excluding hydrogens is 544 g/mol. The van der Waals surface area contributed by atoms with Crippen molar-refractivity contribution >= 4 is 29.4 Å². The minimum absolute atomic E-state index is 0.107. The molecule has 0 radical (unpaired) electrons. The van der Waals surface area contributed by atoms with E-state index in [0.29, 0.717) is 50.0 Å². The van der Waals surface area contributed by atoms with Crippen molar-refractivity contribution in [2.45, 2.75) is 19.9 Å². The topological polar surface area (TPSA) is 120 Å². The number of thiazole rings is 1. The van der Waals surface area contributed by atoms with Crippen LogP contribution in [0.1, 0.15) is 41.6 Å². The van der Waals surface area contributed by atoms with Gasteiger partial charge in [0.15, 0.2) is 4.80 Å². The van der Waals surface area contributed by atoms with Crippen LogP contribution in [0.4, 0.5) is 0 Å². The summed E-state index contributed by atoms with van der Waals surface area (Å²) in [4.78, 5) is 43.6. The van der Waals surface area contributed by atoms with Gasteiger partial charge in [0.25, 0.3) is 5.56 Å². The van der Waals surface area contributed by atoms with Crippen molar-refractivity contribution in [3.8, 4) is 17.1 Å². The van der Waals surface area contributed by atoms with Crippen LogP contribution >= 0.6 is 11.3 Å². The zero-order valence-electron chi connectivity index (χ0n) is 22.3. The van der Waals surface area contributed by atoms with Gasteiger partial charge in [-0.1, -0.05) is 54.3 Å². The normalized spacial score (nSPS) is 14.8. The predicted molar refractivity (Wildman–Crippen MR) is 154 cm³/mol. The summed E-state index contributed by atoms with van der Waals surface area (Å²) in [7, 11) is 0. The van der Waals surface area contributed by atoms with Crippen LogP contribution < -0.4 is 19.6 Å². The third-order valence-corrected chi connectivity index (χ3v) is 7.39. The fourth-order valence-corrected chi connectivity index (χ4v) is 5.62. The summed E-state index contributed by atoms with van der Waals surface area (Å²) in [5.74, 6) is -0.267. The molecule has 3 heterocycles. The highest BCUT2D eigenvalue weighted by Crippen LogP contribution is 2.32. The molecule has 1 atom stereocenters.